The number of benzene rings is 2. The maximum absolute atomic E-state index is 12.9. The van der Waals surface area contributed by atoms with Crippen LogP contribution in [0.3, 0.4) is 0 Å². The van der Waals surface area contributed by atoms with Crippen molar-refractivity contribution < 1.29 is 14.4 Å². The second kappa shape index (κ2) is 7.04. The second-order valence-electron chi connectivity index (χ2n) is 6.75. The molecule has 0 aliphatic carbocycles. The Morgan fingerprint density at radius 2 is 1.93 bits per heavy atom. The summed E-state index contributed by atoms with van der Waals surface area (Å²) in [6, 6.07) is 13.0. The number of nitrogens with zero attached hydrogens (tertiary/aromatic N) is 1. The van der Waals surface area contributed by atoms with Crippen molar-refractivity contribution in [1.29, 1.82) is 0 Å². The van der Waals surface area contributed by atoms with Crippen LogP contribution in [0.25, 0.3) is 0 Å². The number of amides is 3. The van der Waals surface area contributed by atoms with Gasteiger partial charge in [-0.05, 0) is 43.2 Å². The first-order valence-electron chi connectivity index (χ1n) is 8.80. The van der Waals surface area contributed by atoms with Crippen molar-refractivity contribution in [2.24, 2.45) is 0 Å². The van der Waals surface area contributed by atoms with Crippen LogP contribution in [-0.2, 0) is 4.79 Å². The Bertz CT molecular complexity index is 916. The van der Waals surface area contributed by atoms with E-state index in [1.807, 2.05) is 6.07 Å². The van der Waals surface area contributed by atoms with Crippen molar-refractivity contribution in [2.45, 2.75) is 24.9 Å². The maximum Gasteiger partial charge on any atom is 0.256 e. The van der Waals surface area contributed by atoms with Gasteiger partial charge in [0.05, 0.1) is 11.3 Å². The summed E-state index contributed by atoms with van der Waals surface area (Å²) in [6.45, 7) is 0.402. The van der Waals surface area contributed by atoms with E-state index < -0.39 is 6.04 Å². The van der Waals surface area contributed by atoms with Crippen LogP contribution in [0.4, 0.5) is 5.69 Å². The van der Waals surface area contributed by atoms with E-state index in [9.17, 15) is 14.4 Å². The molecule has 0 aromatic heterocycles. The van der Waals surface area contributed by atoms with E-state index in [4.69, 9.17) is 11.6 Å². The number of fused-ring (bicyclic) bond motifs is 2. The van der Waals surface area contributed by atoms with Gasteiger partial charge in [0.15, 0.2) is 0 Å². The lowest BCUT2D eigenvalue weighted by atomic mass is 9.95. The summed E-state index contributed by atoms with van der Waals surface area (Å²) < 4.78 is 0. The van der Waals surface area contributed by atoms with E-state index in [1.54, 1.807) is 47.4 Å². The van der Waals surface area contributed by atoms with E-state index in [1.165, 1.54) is 0 Å². The first-order valence-corrected chi connectivity index (χ1v) is 9.18. The van der Waals surface area contributed by atoms with E-state index in [2.05, 4.69) is 10.6 Å². The molecule has 0 spiro atoms. The van der Waals surface area contributed by atoms with Crippen molar-refractivity contribution in [3.8, 4) is 0 Å². The van der Waals surface area contributed by atoms with Gasteiger partial charge in [0, 0.05) is 23.2 Å². The highest BCUT2D eigenvalue weighted by Crippen LogP contribution is 2.30. The Balaban J connectivity index is 1.52. The fourth-order valence-electron chi connectivity index (χ4n) is 3.62. The minimum absolute atomic E-state index is 0.176. The van der Waals surface area contributed by atoms with Crippen molar-refractivity contribution in [3.63, 3.8) is 0 Å². The van der Waals surface area contributed by atoms with Crippen LogP contribution in [0.1, 0.15) is 33.6 Å². The van der Waals surface area contributed by atoms with Crippen LogP contribution in [0.2, 0.25) is 5.02 Å². The predicted molar refractivity (Wildman–Crippen MR) is 102 cm³/mol. The zero-order valence-electron chi connectivity index (χ0n) is 14.4. The summed E-state index contributed by atoms with van der Waals surface area (Å²) in [7, 11) is 0. The Morgan fingerprint density at radius 1 is 1.15 bits per heavy atom. The molecular formula is C20H18ClN3O3. The number of rotatable bonds is 2. The summed E-state index contributed by atoms with van der Waals surface area (Å²) >= 11 is 5.99. The van der Waals surface area contributed by atoms with E-state index >= 15 is 0 Å². The third-order valence-corrected chi connectivity index (χ3v) is 5.24. The molecule has 27 heavy (non-hydrogen) atoms. The summed E-state index contributed by atoms with van der Waals surface area (Å²) in [5, 5.41) is 6.23. The Kier molecular flexibility index (Phi) is 4.58. The third kappa shape index (κ3) is 3.40. The van der Waals surface area contributed by atoms with Crippen LogP contribution >= 0.6 is 11.6 Å². The van der Waals surface area contributed by atoms with Gasteiger partial charge in [0.1, 0.15) is 6.04 Å². The molecular weight excluding hydrogens is 366 g/mol. The van der Waals surface area contributed by atoms with Crippen LogP contribution in [0.15, 0.2) is 48.5 Å². The average Bonchev–Trinajstić information content (AvgIpc) is 2.77. The molecule has 2 atom stereocenters. The molecule has 4 rings (SSSR count). The summed E-state index contributed by atoms with van der Waals surface area (Å²) in [5.74, 6) is -0.634. The molecule has 7 heteroatoms. The second-order valence-corrected chi connectivity index (χ2v) is 7.19. The van der Waals surface area contributed by atoms with Crippen LogP contribution in [-0.4, -0.2) is 41.2 Å². The summed E-state index contributed by atoms with van der Waals surface area (Å²) in [5.41, 5.74) is 1.43. The molecule has 2 heterocycles. The molecule has 2 aliphatic heterocycles. The minimum atomic E-state index is -0.626. The van der Waals surface area contributed by atoms with Crippen LogP contribution in [0.5, 0.6) is 0 Å². The standard InChI is InChI=1S/C20H18ClN3O3/c21-13-6-7-15-16(10-13)23-19(26)17-11-14(8-9-24(17)20(15)27)22-18(25)12-4-2-1-3-5-12/h1-7,10,14,17H,8-9,11H2,(H,22,25)(H,23,26). The van der Waals surface area contributed by atoms with Gasteiger partial charge >= 0.3 is 0 Å². The molecule has 2 aliphatic rings. The van der Waals surface area contributed by atoms with E-state index in [-0.39, 0.29) is 23.8 Å². The molecule has 1 fully saturated rings. The maximum atomic E-state index is 12.9. The molecule has 1 saturated heterocycles. The molecule has 6 nitrogen and oxygen atoms in total. The van der Waals surface area contributed by atoms with Gasteiger partial charge in [-0.15, -0.1) is 0 Å². The third-order valence-electron chi connectivity index (χ3n) is 5.01. The number of carbonyl (C=O) groups excluding carboxylic acids is 3. The minimum Gasteiger partial charge on any atom is -0.349 e. The molecule has 138 valence electrons. The van der Waals surface area contributed by atoms with Crippen molar-refractivity contribution in [2.75, 3.05) is 11.9 Å². The van der Waals surface area contributed by atoms with Gasteiger partial charge < -0.3 is 15.5 Å². The first kappa shape index (κ1) is 17.5. The number of halogens is 1. The zero-order valence-corrected chi connectivity index (χ0v) is 15.2. The van der Waals surface area contributed by atoms with Crippen molar-refractivity contribution in [3.05, 3.63) is 64.7 Å². The number of anilines is 1. The number of nitrogens with one attached hydrogen (secondary N) is 2. The quantitative estimate of drug-likeness (QED) is 0.836. The van der Waals surface area contributed by atoms with Gasteiger partial charge in [-0.2, -0.15) is 0 Å². The average molecular weight is 384 g/mol. The van der Waals surface area contributed by atoms with Crippen molar-refractivity contribution >= 4 is 35.0 Å². The fourth-order valence-corrected chi connectivity index (χ4v) is 3.80. The van der Waals surface area contributed by atoms with Gasteiger partial charge in [-0.3, -0.25) is 14.4 Å². The Labute approximate surface area is 161 Å². The molecule has 0 bridgehead atoms. The van der Waals surface area contributed by atoms with Crippen molar-refractivity contribution in [1.82, 2.24) is 10.2 Å². The Hall–Kier alpha value is -2.86. The van der Waals surface area contributed by atoms with Gasteiger partial charge in [0.2, 0.25) is 5.91 Å². The molecule has 0 saturated carbocycles. The highest BCUT2D eigenvalue weighted by atomic mass is 35.5. The lowest BCUT2D eigenvalue weighted by molar-refractivity contribution is -0.121. The molecule has 0 radical (unpaired) electrons. The number of piperidine rings is 1. The molecule has 2 N–H and O–H groups in total. The van der Waals surface area contributed by atoms with Crippen LogP contribution < -0.4 is 10.6 Å². The number of carbonyl (C=O) groups is 3. The molecule has 3 amide bonds. The van der Waals surface area contributed by atoms with Gasteiger partial charge in [-0.1, -0.05) is 29.8 Å². The smallest absolute Gasteiger partial charge is 0.256 e. The number of hydrogen-bond acceptors (Lipinski definition) is 3. The predicted octanol–water partition coefficient (Wildman–Crippen LogP) is 2.70. The Morgan fingerprint density at radius 3 is 2.70 bits per heavy atom. The summed E-state index contributed by atoms with van der Waals surface area (Å²) in [6.07, 6.45) is 0.967. The summed E-state index contributed by atoms with van der Waals surface area (Å²) in [4.78, 5) is 39.6. The largest absolute Gasteiger partial charge is 0.349 e. The SMILES string of the molecule is O=C(NC1CCN2C(=O)c3ccc(Cl)cc3NC(=O)C2C1)c1ccccc1. The normalized spacial score (nSPS) is 21.6. The van der Waals surface area contributed by atoms with E-state index in [0.717, 1.165) is 0 Å². The highest BCUT2D eigenvalue weighted by molar-refractivity contribution is 6.31. The fraction of sp³-hybridized carbons (Fsp3) is 0.250. The lowest BCUT2D eigenvalue weighted by Crippen LogP contribution is -2.55. The molecule has 2 unspecified atom stereocenters. The lowest BCUT2D eigenvalue weighted by Gasteiger charge is -2.37. The highest BCUT2D eigenvalue weighted by Gasteiger charge is 2.40. The topological polar surface area (TPSA) is 78.5 Å². The zero-order chi connectivity index (χ0) is 19.0. The number of hydrogen-bond donors (Lipinski definition) is 2. The first-order chi connectivity index (χ1) is 13.0. The van der Waals surface area contributed by atoms with E-state index in [0.29, 0.717) is 41.2 Å². The van der Waals surface area contributed by atoms with Gasteiger partial charge in [0.25, 0.3) is 11.8 Å². The van der Waals surface area contributed by atoms with Gasteiger partial charge in [-0.25, -0.2) is 0 Å². The molecule has 2 aromatic carbocycles. The molecule has 2 aromatic rings. The van der Waals surface area contributed by atoms with Crippen LogP contribution in [0, 0.1) is 0 Å². The monoisotopic (exact) mass is 383 g/mol.